The zero-order valence-corrected chi connectivity index (χ0v) is 15.2. The topological polar surface area (TPSA) is 62.5 Å². The number of hydrogen-bond donors (Lipinski definition) is 0. The van der Waals surface area contributed by atoms with Crippen LogP contribution in [0.5, 0.6) is 0 Å². The third-order valence-corrected chi connectivity index (χ3v) is 5.30. The number of amides is 1. The van der Waals surface area contributed by atoms with Gasteiger partial charge in [-0.1, -0.05) is 25.4 Å². The van der Waals surface area contributed by atoms with Gasteiger partial charge in [0.05, 0.1) is 0 Å². The molecule has 24 heavy (non-hydrogen) atoms. The molecule has 6 heteroatoms. The summed E-state index contributed by atoms with van der Waals surface area (Å²) in [4.78, 5) is 21.1. The average Bonchev–Trinajstić information content (AvgIpc) is 3.06. The van der Waals surface area contributed by atoms with Crippen LogP contribution in [0.1, 0.15) is 58.2 Å². The summed E-state index contributed by atoms with van der Waals surface area (Å²) < 4.78 is 5.29. The second kappa shape index (κ2) is 7.64. The molecule has 6 nitrogen and oxygen atoms in total. The number of aromatic nitrogens is 2. The minimum absolute atomic E-state index is 0.154. The third kappa shape index (κ3) is 4.15. The molecule has 0 spiro atoms. The van der Waals surface area contributed by atoms with Crippen molar-refractivity contribution in [2.75, 3.05) is 19.6 Å². The van der Waals surface area contributed by atoms with Crippen LogP contribution in [-0.4, -0.2) is 57.6 Å². The van der Waals surface area contributed by atoms with Crippen molar-refractivity contribution in [3.63, 3.8) is 0 Å². The van der Waals surface area contributed by atoms with E-state index in [1.165, 1.54) is 19.3 Å². The molecule has 134 valence electrons. The number of carbonyl (C=O) groups is 1. The van der Waals surface area contributed by atoms with E-state index in [9.17, 15) is 4.79 Å². The van der Waals surface area contributed by atoms with E-state index in [2.05, 4.69) is 28.9 Å². The van der Waals surface area contributed by atoms with Gasteiger partial charge in [-0.15, -0.1) is 0 Å². The lowest BCUT2D eigenvalue weighted by Crippen LogP contribution is -2.44. The first-order chi connectivity index (χ1) is 11.5. The van der Waals surface area contributed by atoms with Gasteiger partial charge in [0, 0.05) is 51.5 Å². The lowest BCUT2D eigenvalue weighted by atomic mass is 9.92. The van der Waals surface area contributed by atoms with Crippen LogP contribution >= 0.6 is 0 Å². The zero-order chi connectivity index (χ0) is 17.1. The van der Waals surface area contributed by atoms with Crippen LogP contribution in [0.2, 0.25) is 0 Å². The Morgan fingerprint density at radius 2 is 2.17 bits per heavy atom. The van der Waals surface area contributed by atoms with Crippen molar-refractivity contribution in [1.82, 2.24) is 19.9 Å². The van der Waals surface area contributed by atoms with E-state index < -0.39 is 0 Å². The first-order valence-electron chi connectivity index (χ1n) is 9.35. The second-order valence-electron chi connectivity index (χ2n) is 7.69. The first kappa shape index (κ1) is 17.4. The molecule has 1 aliphatic heterocycles. The van der Waals surface area contributed by atoms with E-state index in [-0.39, 0.29) is 5.91 Å². The van der Waals surface area contributed by atoms with E-state index in [1.807, 2.05) is 4.90 Å². The summed E-state index contributed by atoms with van der Waals surface area (Å²) in [6.45, 7) is 8.77. The minimum Gasteiger partial charge on any atom is -0.339 e. The molecule has 1 saturated carbocycles. The third-order valence-electron chi connectivity index (χ3n) is 5.30. The lowest BCUT2D eigenvalue weighted by Gasteiger charge is -2.35. The Hall–Kier alpha value is -1.43. The van der Waals surface area contributed by atoms with Crippen LogP contribution < -0.4 is 0 Å². The lowest BCUT2D eigenvalue weighted by molar-refractivity contribution is -0.131. The van der Waals surface area contributed by atoms with Crippen LogP contribution in [-0.2, 0) is 17.6 Å². The Balaban J connectivity index is 1.52. The van der Waals surface area contributed by atoms with Crippen molar-refractivity contribution >= 4 is 5.91 Å². The maximum atomic E-state index is 12.1. The summed E-state index contributed by atoms with van der Waals surface area (Å²) in [7, 11) is 0. The SMILES string of the molecule is CC(=O)N(CCc1noc(CC(C)C)n1)C1CCN(C2CCC2)C1. The summed E-state index contributed by atoms with van der Waals surface area (Å²) in [5.41, 5.74) is 0. The van der Waals surface area contributed by atoms with Crippen molar-refractivity contribution in [1.29, 1.82) is 0 Å². The maximum absolute atomic E-state index is 12.1. The Morgan fingerprint density at radius 1 is 1.38 bits per heavy atom. The van der Waals surface area contributed by atoms with E-state index in [0.29, 0.717) is 36.6 Å². The van der Waals surface area contributed by atoms with Gasteiger partial charge < -0.3 is 9.42 Å². The Kier molecular flexibility index (Phi) is 5.54. The highest BCUT2D eigenvalue weighted by Gasteiger charge is 2.34. The molecular weight excluding hydrogens is 304 g/mol. The molecule has 1 amide bonds. The minimum atomic E-state index is 0.154. The fourth-order valence-corrected chi connectivity index (χ4v) is 3.75. The number of hydrogen-bond acceptors (Lipinski definition) is 5. The van der Waals surface area contributed by atoms with Gasteiger partial charge in [0.15, 0.2) is 5.82 Å². The van der Waals surface area contributed by atoms with Gasteiger partial charge >= 0.3 is 0 Å². The molecule has 0 radical (unpaired) electrons. The van der Waals surface area contributed by atoms with E-state index in [1.54, 1.807) is 6.92 Å². The van der Waals surface area contributed by atoms with Crippen LogP contribution in [0.3, 0.4) is 0 Å². The quantitative estimate of drug-likeness (QED) is 0.765. The molecule has 1 aromatic rings. The molecule has 1 aliphatic carbocycles. The summed E-state index contributed by atoms with van der Waals surface area (Å²) in [5, 5.41) is 4.06. The number of carbonyl (C=O) groups excluding carboxylic acids is 1. The van der Waals surface area contributed by atoms with Gasteiger partial charge in [-0.3, -0.25) is 9.69 Å². The molecule has 3 rings (SSSR count). The second-order valence-corrected chi connectivity index (χ2v) is 7.69. The van der Waals surface area contributed by atoms with Gasteiger partial charge in [-0.25, -0.2) is 0 Å². The molecule has 2 aliphatic rings. The highest BCUT2D eigenvalue weighted by molar-refractivity contribution is 5.73. The van der Waals surface area contributed by atoms with Gasteiger partial charge in [0.25, 0.3) is 0 Å². The molecule has 2 heterocycles. The highest BCUT2D eigenvalue weighted by Crippen LogP contribution is 2.29. The fourth-order valence-electron chi connectivity index (χ4n) is 3.75. The largest absolute Gasteiger partial charge is 0.339 e. The van der Waals surface area contributed by atoms with Crippen molar-refractivity contribution in [3.05, 3.63) is 11.7 Å². The van der Waals surface area contributed by atoms with Gasteiger partial charge in [-0.2, -0.15) is 4.98 Å². The predicted molar refractivity (Wildman–Crippen MR) is 91.5 cm³/mol. The van der Waals surface area contributed by atoms with Crippen LogP contribution in [0.25, 0.3) is 0 Å². The zero-order valence-electron chi connectivity index (χ0n) is 15.2. The van der Waals surface area contributed by atoms with E-state index in [0.717, 1.165) is 32.0 Å². The normalized spacial score (nSPS) is 22.1. The van der Waals surface area contributed by atoms with Crippen molar-refractivity contribution < 1.29 is 9.32 Å². The van der Waals surface area contributed by atoms with Gasteiger partial charge in [0.2, 0.25) is 11.8 Å². The van der Waals surface area contributed by atoms with Crippen molar-refractivity contribution in [2.45, 2.75) is 71.4 Å². The average molecular weight is 334 g/mol. The van der Waals surface area contributed by atoms with Crippen LogP contribution in [0.4, 0.5) is 0 Å². The first-order valence-corrected chi connectivity index (χ1v) is 9.35. The Morgan fingerprint density at radius 3 is 2.79 bits per heavy atom. The fraction of sp³-hybridized carbons (Fsp3) is 0.833. The molecule has 1 unspecified atom stereocenters. The van der Waals surface area contributed by atoms with E-state index >= 15 is 0 Å². The Bertz CT molecular complexity index is 553. The molecule has 0 aromatic carbocycles. The summed E-state index contributed by atoms with van der Waals surface area (Å²) in [6.07, 6.45) is 6.58. The molecule has 2 fully saturated rings. The van der Waals surface area contributed by atoms with Crippen LogP contribution in [0, 0.1) is 5.92 Å². The maximum Gasteiger partial charge on any atom is 0.226 e. The number of nitrogens with zero attached hydrogens (tertiary/aromatic N) is 4. The van der Waals surface area contributed by atoms with Crippen molar-refractivity contribution in [2.24, 2.45) is 5.92 Å². The van der Waals surface area contributed by atoms with Crippen molar-refractivity contribution in [3.8, 4) is 0 Å². The molecule has 1 saturated heterocycles. The number of likely N-dealkylation sites (tertiary alicyclic amines) is 1. The summed E-state index contributed by atoms with van der Waals surface area (Å²) in [6, 6.07) is 1.10. The molecule has 1 aromatic heterocycles. The van der Waals surface area contributed by atoms with Gasteiger partial charge in [0.1, 0.15) is 0 Å². The monoisotopic (exact) mass is 334 g/mol. The molecule has 0 N–H and O–H groups in total. The molecule has 0 bridgehead atoms. The Labute approximate surface area is 144 Å². The molecular formula is C18H30N4O2. The molecule has 1 atom stereocenters. The van der Waals surface area contributed by atoms with Gasteiger partial charge in [-0.05, 0) is 25.2 Å². The van der Waals surface area contributed by atoms with E-state index in [4.69, 9.17) is 4.52 Å². The number of rotatable bonds is 7. The standard InChI is InChI=1S/C18H30N4O2/c1-13(2)11-18-19-17(20-24-18)8-10-22(14(3)23)16-7-9-21(12-16)15-5-4-6-15/h13,15-16H,4-12H2,1-3H3. The smallest absolute Gasteiger partial charge is 0.226 e. The predicted octanol–water partition coefficient (Wildman–Crippen LogP) is 2.29. The summed E-state index contributed by atoms with van der Waals surface area (Å²) in [5.74, 6) is 2.07. The van der Waals surface area contributed by atoms with Crippen LogP contribution in [0.15, 0.2) is 4.52 Å². The highest BCUT2D eigenvalue weighted by atomic mass is 16.5. The summed E-state index contributed by atoms with van der Waals surface area (Å²) >= 11 is 0.